The van der Waals surface area contributed by atoms with Gasteiger partial charge in [0, 0.05) is 18.8 Å². The van der Waals surface area contributed by atoms with Crippen molar-refractivity contribution in [1.82, 2.24) is 9.97 Å². The summed E-state index contributed by atoms with van der Waals surface area (Å²) < 4.78 is 0. The monoisotopic (exact) mass is 224 g/mol. The van der Waals surface area contributed by atoms with E-state index in [-0.39, 0.29) is 0 Å². The van der Waals surface area contributed by atoms with Crippen molar-refractivity contribution in [1.29, 1.82) is 0 Å². The topological polar surface area (TPSA) is 49.8 Å². The molecule has 15 heavy (non-hydrogen) atoms. The molecule has 82 valence electrons. The van der Waals surface area contributed by atoms with Gasteiger partial charge < -0.3 is 10.6 Å². The first-order valence-electron chi connectivity index (χ1n) is 5.24. The largest absolute Gasteiger partial charge is 0.372 e. The highest BCUT2D eigenvalue weighted by atomic mass is 32.2. The Hall–Kier alpha value is -0.970. The van der Waals surface area contributed by atoms with Gasteiger partial charge in [0.15, 0.2) is 0 Å². The summed E-state index contributed by atoms with van der Waals surface area (Å²) in [5, 5.41) is 7.04. The molecule has 0 bridgehead atoms. The van der Waals surface area contributed by atoms with E-state index in [0.29, 0.717) is 0 Å². The molecule has 4 nitrogen and oxygen atoms in total. The van der Waals surface area contributed by atoms with Gasteiger partial charge in [-0.2, -0.15) is 11.8 Å². The van der Waals surface area contributed by atoms with Crippen LogP contribution in [0.5, 0.6) is 0 Å². The zero-order chi connectivity index (χ0) is 10.5. The minimum atomic E-state index is 0.741. The Bertz CT molecular complexity index is 312. The van der Waals surface area contributed by atoms with Gasteiger partial charge in [0.25, 0.3) is 0 Å². The zero-order valence-corrected chi connectivity index (χ0v) is 9.68. The van der Waals surface area contributed by atoms with Gasteiger partial charge in [0.1, 0.15) is 11.6 Å². The molecule has 5 heteroatoms. The second-order valence-corrected chi connectivity index (χ2v) is 4.96. The van der Waals surface area contributed by atoms with Gasteiger partial charge >= 0.3 is 0 Å². The van der Waals surface area contributed by atoms with E-state index in [2.05, 4.69) is 20.6 Å². The Kier molecular flexibility index (Phi) is 3.66. The molecule has 0 aliphatic carbocycles. The predicted octanol–water partition coefficient (Wildman–Crippen LogP) is 1.83. The lowest BCUT2D eigenvalue weighted by Crippen LogP contribution is -2.14. The minimum absolute atomic E-state index is 0.741. The lowest BCUT2D eigenvalue weighted by molar-refractivity contribution is 0.803. The van der Waals surface area contributed by atoms with Gasteiger partial charge in [-0.3, -0.25) is 4.98 Å². The van der Waals surface area contributed by atoms with E-state index in [9.17, 15) is 0 Å². The maximum Gasteiger partial charge on any atom is 0.146 e. The first-order valence-corrected chi connectivity index (χ1v) is 6.28. The molecule has 1 fully saturated rings. The highest BCUT2D eigenvalue weighted by Gasteiger charge is 2.15. The summed E-state index contributed by atoms with van der Waals surface area (Å²) in [4.78, 5) is 8.46. The van der Waals surface area contributed by atoms with Crippen LogP contribution in [0.15, 0.2) is 12.4 Å². The second-order valence-electron chi connectivity index (χ2n) is 3.56. The van der Waals surface area contributed by atoms with Crippen molar-refractivity contribution in [2.45, 2.75) is 18.1 Å². The average molecular weight is 224 g/mol. The van der Waals surface area contributed by atoms with E-state index in [4.69, 9.17) is 0 Å². The van der Waals surface area contributed by atoms with Gasteiger partial charge in [0.05, 0.1) is 12.4 Å². The number of hydrogen-bond acceptors (Lipinski definition) is 5. The Morgan fingerprint density at radius 3 is 3.07 bits per heavy atom. The fourth-order valence-corrected chi connectivity index (χ4v) is 2.80. The van der Waals surface area contributed by atoms with E-state index in [0.717, 1.165) is 23.4 Å². The summed E-state index contributed by atoms with van der Waals surface area (Å²) in [5.74, 6) is 2.96. The zero-order valence-electron chi connectivity index (χ0n) is 8.86. The molecule has 1 atom stereocenters. The number of rotatable bonds is 4. The predicted molar refractivity (Wildman–Crippen MR) is 65.5 cm³/mol. The van der Waals surface area contributed by atoms with Crippen LogP contribution < -0.4 is 10.6 Å². The summed E-state index contributed by atoms with van der Waals surface area (Å²) in [5.41, 5.74) is 0. The lowest BCUT2D eigenvalue weighted by atomic mass is 10.2. The summed E-state index contributed by atoms with van der Waals surface area (Å²) in [6.07, 6.45) is 6.14. The second kappa shape index (κ2) is 5.21. The number of thioether (sulfide) groups is 1. The molecule has 0 radical (unpaired) electrons. The molecular weight excluding hydrogens is 208 g/mol. The molecule has 1 saturated heterocycles. The van der Waals surface area contributed by atoms with Crippen LogP contribution >= 0.6 is 11.8 Å². The molecule has 1 aromatic rings. The number of aromatic nitrogens is 2. The highest BCUT2D eigenvalue weighted by molar-refractivity contribution is 8.00. The molecule has 0 saturated carbocycles. The molecule has 1 aromatic heterocycles. The third-order valence-electron chi connectivity index (χ3n) is 2.43. The van der Waals surface area contributed by atoms with E-state index in [1.54, 1.807) is 12.4 Å². The summed E-state index contributed by atoms with van der Waals surface area (Å²) in [7, 11) is 1.85. The third-order valence-corrected chi connectivity index (χ3v) is 3.82. The lowest BCUT2D eigenvalue weighted by Gasteiger charge is -2.10. The number of anilines is 2. The Morgan fingerprint density at radius 2 is 2.33 bits per heavy atom. The molecule has 1 unspecified atom stereocenters. The number of nitrogens with one attached hydrogen (secondary N) is 2. The smallest absolute Gasteiger partial charge is 0.146 e. The van der Waals surface area contributed by atoms with Crippen LogP contribution in [-0.2, 0) is 0 Å². The van der Waals surface area contributed by atoms with Gasteiger partial charge in [-0.05, 0) is 18.6 Å². The van der Waals surface area contributed by atoms with Crippen molar-refractivity contribution in [3.05, 3.63) is 12.4 Å². The minimum Gasteiger partial charge on any atom is -0.372 e. The van der Waals surface area contributed by atoms with Crippen LogP contribution in [0.2, 0.25) is 0 Å². The summed E-state index contributed by atoms with van der Waals surface area (Å²) in [6.45, 7) is 0.993. The molecular formula is C10H16N4S. The molecule has 2 rings (SSSR count). The standard InChI is InChI=1S/C10H16N4S/c1-11-9-6-12-7-10(14-9)13-5-8-3-2-4-15-8/h6-8H,2-5H2,1H3,(H2,11,13,14). The highest BCUT2D eigenvalue weighted by Crippen LogP contribution is 2.26. The SMILES string of the molecule is CNc1cncc(NCC2CCCS2)n1. The van der Waals surface area contributed by atoms with Crippen molar-refractivity contribution in [2.75, 3.05) is 30.0 Å². The number of hydrogen-bond donors (Lipinski definition) is 2. The Labute approximate surface area is 94.3 Å². The van der Waals surface area contributed by atoms with E-state index in [1.165, 1.54) is 18.6 Å². The van der Waals surface area contributed by atoms with Crippen LogP contribution in [0.25, 0.3) is 0 Å². The van der Waals surface area contributed by atoms with Gasteiger partial charge in [-0.1, -0.05) is 0 Å². The van der Waals surface area contributed by atoms with E-state index in [1.807, 2.05) is 18.8 Å². The number of nitrogens with zero attached hydrogens (tertiary/aromatic N) is 2. The average Bonchev–Trinajstić information content (AvgIpc) is 2.79. The van der Waals surface area contributed by atoms with Crippen LogP contribution in [0.1, 0.15) is 12.8 Å². The molecule has 2 heterocycles. The molecule has 0 spiro atoms. The van der Waals surface area contributed by atoms with Gasteiger partial charge in [-0.25, -0.2) is 4.98 Å². The molecule has 0 amide bonds. The fourth-order valence-electron chi connectivity index (χ4n) is 1.60. The normalized spacial score (nSPS) is 20.2. The van der Waals surface area contributed by atoms with Crippen molar-refractivity contribution < 1.29 is 0 Å². The Morgan fingerprint density at radius 1 is 1.47 bits per heavy atom. The van der Waals surface area contributed by atoms with Crippen molar-refractivity contribution in [3.63, 3.8) is 0 Å². The van der Waals surface area contributed by atoms with Crippen molar-refractivity contribution in [2.24, 2.45) is 0 Å². The maximum absolute atomic E-state index is 4.36. The van der Waals surface area contributed by atoms with Crippen LogP contribution in [-0.4, -0.2) is 34.6 Å². The van der Waals surface area contributed by atoms with Crippen LogP contribution in [0.3, 0.4) is 0 Å². The first-order chi connectivity index (χ1) is 7.38. The molecule has 1 aliphatic rings. The summed E-state index contributed by atoms with van der Waals surface area (Å²) >= 11 is 2.05. The third kappa shape index (κ3) is 2.99. The maximum atomic E-state index is 4.36. The summed E-state index contributed by atoms with van der Waals surface area (Å²) in [6, 6.07) is 0. The van der Waals surface area contributed by atoms with Crippen molar-refractivity contribution >= 4 is 23.4 Å². The van der Waals surface area contributed by atoms with E-state index < -0.39 is 0 Å². The quantitative estimate of drug-likeness (QED) is 0.817. The van der Waals surface area contributed by atoms with Gasteiger partial charge in [-0.15, -0.1) is 0 Å². The van der Waals surface area contributed by atoms with Crippen molar-refractivity contribution in [3.8, 4) is 0 Å². The first kappa shape index (κ1) is 10.5. The van der Waals surface area contributed by atoms with E-state index >= 15 is 0 Å². The van der Waals surface area contributed by atoms with Gasteiger partial charge in [0.2, 0.25) is 0 Å². The van der Waals surface area contributed by atoms with Crippen LogP contribution in [0, 0.1) is 0 Å². The van der Waals surface area contributed by atoms with Crippen LogP contribution in [0.4, 0.5) is 11.6 Å². The molecule has 2 N–H and O–H groups in total. The Balaban J connectivity index is 1.86. The molecule has 1 aliphatic heterocycles. The molecule has 0 aromatic carbocycles. The fraction of sp³-hybridized carbons (Fsp3) is 0.600.